The van der Waals surface area contributed by atoms with E-state index in [4.69, 9.17) is 0 Å². The Morgan fingerprint density at radius 2 is 2.15 bits per heavy atom. The zero-order valence-corrected chi connectivity index (χ0v) is 12.0. The van der Waals surface area contributed by atoms with E-state index in [1.807, 2.05) is 0 Å². The number of aliphatic carboxylic acids is 1. The first-order chi connectivity index (χ1) is 9.47. The van der Waals surface area contributed by atoms with Crippen LogP contribution in [0.5, 0.6) is 0 Å². The van der Waals surface area contributed by atoms with Gasteiger partial charge < -0.3 is 10.4 Å². The van der Waals surface area contributed by atoms with E-state index < -0.39 is 17.9 Å². The molecule has 2 aromatic heterocycles. The molecule has 1 atom stereocenters. The summed E-state index contributed by atoms with van der Waals surface area (Å²) in [5.74, 6) is -1.68. The van der Waals surface area contributed by atoms with Crippen LogP contribution in [0.2, 0.25) is 0 Å². The molecule has 0 aromatic carbocycles. The smallest absolute Gasteiger partial charge is 0.331 e. The summed E-state index contributed by atoms with van der Waals surface area (Å²) in [6.45, 7) is 0. The Hall–Kier alpha value is -2.22. The van der Waals surface area contributed by atoms with Gasteiger partial charge in [-0.2, -0.15) is 5.10 Å². The lowest BCUT2D eigenvalue weighted by Gasteiger charge is -2.12. The number of pyridine rings is 1. The first-order valence-electron chi connectivity index (χ1n) is 5.60. The van der Waals surface area contributed by atoms with E-state index in [-0.39, 0.29) is 5.56 Å². The normalized spacial score (nSPS) is 11.9. The lowest BCUT2D eigenvalue weighted by atomic mass is 10.1. The fourth-order valence-corrected chi connectivity index (χ4v) is 1.99. The van der Waals surface area contributed by atoms with E-state index in [2.05, 4.69) is 31.3 Å². The molecular weight excluding hydrogens is 328 g/mol. The average Bonchev–Trinajstić information content (AvgIpc) is 2.81. The molecule has 0 saturated carbocycles. The number of hydrogen-bond acceptors (Lipinski definition) is 4. The number of carbonyl (C=O) groups is 2. The van der Waals surface area contributed by atoms with Gasteiger partial charge in [-0.15, -0.1) is 0 Å². The Morgan fingerprint density at radius 3 is 2.70 bits per heavy atom. The Balaban J connectivity index is 2.21. The van der Waals surface area contributed by atoms with Crippen molar-refractivity contribution in [3.05, 3.63) is 46.5 Å². The summed E-state index contributed by atoms with van der Waals surface area (Å²) < 4.78 is 2.11. The van der Waals surface area contributed by atoms with Crippen LogP contribution in [-0.4, -0.2) is 31.7 Å². The predicted octanol–water partition coefficient (Wildman–Crippen LogP) is 1.13. The summed E-state index contributed by atoms with van der Waals surface area (Å²) in [6.07, 6.45) is 5.84. The molecule has 0 saturated heterocycles. The maximum atomic E-state index is 12.0. The fourth-order valence-electron chi connectivity index (χ4n) is 1.63. The molecule has 2 heterocycles. The molecule has 2 N–H and O–H groups in total. The van der Waals surface area contributed by atoms with Gasteiger partial charge in [0.05, 0.1) is 11.8 Å². The topological polar surface area (TPSA) is 97.1 Å². The van der Waals surface area contributed by atoms with Gasteiger partial charge in [0.1, 0.15) is 0 Å². The van der Waals surface area contributed by atoms with Crippen LogP contribution in [0.3, 0.4) is 0 Å². The molecule has 20 heavy (non-hydrogen) atoms. The number of hydrogen-bond donors (Lipinski definition) is 2. The van der Waals surface area contributed by atoms with E-state index in [0.29, 0.717) is 10.0 Å². The molecule has 0 spiro atoms. The van der Waals surface area contributed by atoms with Crippen molar-refractivity contribution in [2.75, 3.05) is 0 Å². The van der Waals surface area contributed by atoms with Crippen LogP contribution in [0, 0.1) is 0 Å². The molecule has 0 aliphatic heterocycles. The van der Waals surface area contributed by atoms with Gasteiger partial charge in [0.25, 0.3) is 5.91 Å². The van der Waals surface area contributed by atoms with E-state index in [0.717, 1.165) is 0 Å². The van der Waals surface area contributed by atoms with Gasteiger partial charge in [-0.05, 0) is 22.0 Å². The summed E-state index contributed by atoms with van der Waals surface area (Å²) in [6, 6.07) is 0.403. The van der Waals surface area contributed by atoms with E-state index in [9.17, 15) is 14.7 Å². The summed E-state index contributed by atoms with van der Waals surface area (Å²) in [4.78, 5) is 27.2. The maximum absolute atomic E-state index is 12.0. The number of carboxylic acid groups (broad SMARTS) is 1. The number of rotatable bonds is 4. The van der Waals surface area contributed by atoms with Crippen LogP contribution in [0.1, 0.15) is 22.0 Å². The molecule has 2 rings (SSSR count). The molecule has 7 nitrogen and oxygen atoms in total. The number of halogens is 1. The zero-order chi connectivity index (χ0) is 14.7. The highest BCUT2D eigenvalue weighted by Gasteiger charge is 2.24. The number of aromatic nitrogens is 3. The largest absolute Gasteiger partial charge is 0.479 e. The quantitative estimate of drug-likeness (QED) is 0.870. The maximum Gasteiger partial charge on any atom is 0.331 e. The van der Waals surface area contributed by atoms with Crippen molar-refractivity contribution in [1.82, 2.24) is 20.1 Å². The molecule has 0 fully saturated rings. The standard InChI is InChI=1S/C12H11BrN4O3/c1-17-6-8(4-15-17)10(12(19)20)16-11(18)7-2-9(13)5-14-3-7/h2-6,10H,1H3,(H,16,18)(H,19,20). The molecule has 0 aliphatic rings. The highest BCUT2D eigenvalue weighted by Crippen LogP contribution is 2.14. The van der Waals surface area contributed by atoms with Crippen molar-refractivity contribution < 1.29 is 14.7 Å². The Morgan fingerprint density at radius 1 is 1.40 bits per heavy atom. The van der Waals surface area contributed by atoms with Crippen LogP contribution in [0.15, 0.2) is 35.3 Å². The first-order valence-corrected chi connectivity index (χ1v) is 6.39. The lowest BCUT2D eigenvalue weighted by molar-refractivity contribution is -0.139. The van der Waals surface area contributed by atoms with E-state index >= 15 is 0 Å². The summed E-state index contributed by atoms with van der Waals surface area (Å²) >= 11 is 3.20. The van der Waals surface area contributed by atoms with Gasteiger partial charge in [0.2, 0.25) is 0 Å². The second-order valence-corrected chi connectivity index (χ2v) is 5.00. The van der Waals surface area contributed by atoms with Gasteiger partial charge in [0, 0.05) is 35.7 Å². The van der Waals surface area contributed by atoms with Crippen molar-refractivity contribution in [1.29, 1.82) is 0 Å². The minimum atomic E-state index is -1.16. The second kappa shape index (κ2) is 5.83. The third-order valence-corrected chi connectivity index (χ3v) is 2.98. The van der Waals surface area contributed by atoms with Crippen molar-refractivity contribution in [2.45, 2.75) is 6.04 Å². The number of carboxylic acids is 1. The van der Waals surface area contributed by atoms with Crippen LogP contribution in [-0.2, 0) is 11.8 Å². The number of aryl methyl sites for hydroxylation is 1. The zero-order valence-electron chi connectivity index (χ0n) is 10.4. The number of nitrogens with zero attached hydrogens (tertiary/aromatic N) is 3. The minimum absolute atomic E-state index is 0.273. The van der Waals surface area contributed by atoms with Crippen molar-refractivity contribution in [2.24, 2.45) is 7.05 Å². The molecule has 8 heteroatoms. The number of amides is 1. The first kappa shape index (κ1) is 14.2. The molecular formula is C12H11BrN4O3. The van der Waals surface area contributed by atoms with Gasteiger partial charge in [-0.1, -0.05) is 0 Å². The monoisotopic (exact) mass is 338 g/mol. The Bertz CT molecular complexity index is 656. The van der Waals surface area contributed by atoms with E-state index in [1.165, 1.54) is 29.5 Å². The molecule has 104 valence electrons. The predicted molar refractivity (Wildman–Crippen MR) is 73.0 cm³/mol. The van der Waals surface area contributed by atoms with Crippen molar-refractivity contribution in [3.63, 3.8) is 0 Å². The SMILES string of the molecule is Cn1cc(C(NC(=O)c2cncc(Br)c2)C(=O)O)cn1. The lowest BCUT2D eigenvalue weighted by Crippen LogP contribution is -2.33. The molecule has 1 unspecified atom stereocenters. The van der Waals surface area contributed by atoms with Crippen LogP contribution in [0.25, 0.3) is 0 Å². The third kappa shape index (κ3) is 3.21. The molecule has 0 aliphatic carbocycles. The van der Waals surface area contributed by atoms with Crippen molar-refractivity contribution >= 4 is 27.8 Å². The van der Waals surface area contributed by atoms with Gasteiger partial charge >= 0.3 is 5.97 Å². The molecule has 1 amide bonds. The van der Waals surface area contributed by atoms with E-state index in [1.54, 1.807) is 13.1 Å². The molecule has 2 aromatic rings. The fraction of sp³-hybridized carbons (Fsp3) is 0.167. The molecule has 0 radical (unpaired) electrons. The van der Waals surface area contributed by atoms with Gasteiger partial charge in [-0.25, -0.2) is 4.79 Å². The minimum Gasteiger partial charge on any atom is -0.479 e. The van der Waals surface area contributed by atoms with Crippen LogP contribution >= 0.6 is 15.9 Å². The van der Waals surface area contributed by atoms with Crippen molar-refractivity contribution in [3.8, 4) is 0 Å². The summed E-state index contributed by atoms with van der Waals surface area (Å²) in [5.41, 5.74) is 0.672. The summed E-state index contributed by atoms with van der Waals surface area (Å²) in [5, 5.41) is 15.5. The molecule has 0 bridgehead atoms. The van der Waals surface area contributed by atoms with Gasteiger partial charge in [0.15, 0.2) is 6.04 Å². The van der Waals surface area contributed by atoms with Crippen LogP contribution < -0.4 is 5.32 Å². The average molecular weight is 339 g/mol. The summed E-state index contributed by atoms with van der Waals surface area (Å²) in [7, 11) is 1.67. The van der Waals surface area contributed by atoms with Crippen LogP contribution in [0.4, 0.5) is 0 Å². The van der Waals surface area contributed by atoms with Gasteiger partial charge in [-0.3, -0.25) is 14.5 Å². The highest BCUT2D eigenvalue weighted by molar-refractivity contribution is 9.10. The second-order valence-electron chi connectivity index (χ2n) is 4.08. The number of nitrogens with one attached hydrogen (secondary N) is 1. The number of carbonyl (C=O) groups excluding carboxylic acids is 1. The Labute approximate surface area is 122 Å². The Kier molecular flexibility index (Phi) is 4.14. The highest BCUT2D eigenvalue weighted by atomic mass is 79.9. The third-order valence-electron chi connectivity index (χ3n) is 2.55.